The molecule has 1 N–H and O–H groups in total. The van der Waals surface area contributed by atoms with E-state index in [-0.39, 0.29) is 0 Å². The number of benzene rings is 2. The van der Waals surface area contributed by atoms with Crippen LogP contribution in [-0.2, 0) is 13.2 Å². The van der Waals surface area contributed by atoms with Gasteiger partial charge in [-0.2, -0.15) is 0 Å². The molecule has 0 fully saturated rings. The van der Waals surface area contributed by atoms with Gasteiger partial charge in [0.25, 0.3) is 0 Å². The second kappa shape index (κ2) is 11.2. The van der Waals surface area contributed by atoms with Crippen LogP contribution in [0.15, 0.2) is 42.5 Å². The highest BCUT2D eigenvalue weighted by atomic mass is 35.5. The lowest BCUT2D eigenvalue weighted by molar-refractivity contribution is 0.295. The monoisotopic (exact) mass is 374 g/mol. The van der Waals surface area contributed by atoms with Gasteiger partial charge in [0.15, 0.2) is 0 Å². The quantitative estimate of drug-likeness (QED) is 0.557. The summed E-state index contributed by atoms with van der Waals surface area (Å²) < 4.78 is 6.06. The van der Waals surface area contributed by atoms with Crippen LogP contribution < -0.4 is 10.1 Å². The van der Waals surface area contributed by atoms with Crippen molar-refractivity contribution in [2.24, 2.45) is 0 Å². The predicted octanol–water partition coefficient (Wildman–Crippen LogP) is 5.05. The van der Waals surface area contributed by atoms with Gasteiger partial charge in [-0.1, -0.05) is 55.3 Å². The number of ether oxygens (including phenoxy) is 1. The first-order chi connectivity index (χ1) is 12.6. The number of nitrogens with zero attached hydrogens (tertiary/aromatic N) is 1. The molecule has 2 aromatic rings. The van der Waals surface area contributed by atoms with Crippen LogP contribution in [0, 0.1) is 6.92 Å². The summed E-state index contributed by atoms with van der Waals surface area (Å²) in [5.74, 6) is 0.896. The van der Waals surface area contributed by atoms with Crippen molar-refractivity contribution >= 4 is 11.6 Å². The van der Waals surface area contributed by atoms with Gasteiger partial charge in [-0.15, -0.1) is 0 Å². The summed E-state index contributed by atoms with van der Waals surface area (Å²) >= 11 is 6.18. The van der Waals surface area contributed by atoms with Crippen LogP contribution in [0.3, 0.4) is 0 Å². The zero-order valence-corrected chi connectivity index (χ0v) is 17.0. The molecule has 0 aliphatic carbocycles. The van der Waals surface area contributed by atoms with E-state index in [0.717, 1.165) is 55.5 Å². The van der Waals surface area contributed by atoms with Crippen molar-refractivity contribution in [3.8, 4) is 5.75 Å². The van der Waals surface area contributed by atoms with Gasteiger partial charge in [0.05, 0.1) is 0 Å². The van der Waals surface area contributed by atoms with Gasteiger partial charge in [0, 0.05) is 17.1 Å². The Bertz CT molecular complexity index is 671. The molecule has 0 atom stereocenters. The summed E-state index contributed by atoms with van der Waals surface area (Å²) in [6.07, 6.45) is 1.14. The van der Waals surface area contributed by atoms with E-state index in [1.54, 1.807) is 0 Å². The summed E-state index contributed by atoms with van der Waals surface area (Å²) in [6.45, 7) is 12.2. The Labute approximate surface area is 163 Å². The molecule has 142 valence electrons. The SMILES string of the molecule is CCN(CC)CCCNCc1cc(Cl)ccc1OCc1cccc(C)c1. The molecule has 0 spiro atoms. The maximum Gasteiger partial charge on any atom is 0.124 e. The van der Waals surface area contributed by atoms with E-state index in [1.807, 2.05) is 18.2 Å². The summed E-state index contributed by atoms with van der Waals surface area (Å²) in [6, 6.07) is 14.2. The van der Waals surface area contributed by atoms with Crippen LogP contribution in [-0.4, -0.2) is 31.1 Å². The highest BCUT2D eigenvalue weighted by Gasteiger charge is 2.06. The standard InChI is InChI=1S/C22H31ClN2O/c1-4-25(5-2)13-7-12-24-16-20-15-21(23)10-11-22(20)26-17-19-9-6-8-18(3)14-19/h6,8-11,14-15,24H,4-5,7,12-13,16-17H2,1-3H3. The van der Waals surface area contributed by atoms with Gasteiger partial charge in [-0.3, -0.25) is 0 Å². The van der Waals surface area contributed by atoms with Gasteiger partial charge >= 0.3 is 0 Å². The van der Waals surface area contributed by atoms with Crippen molar-refractivity contribution < 1.29 is 4.74 Å². The number of halogens is 1. The minimum atomic E-state index is 0.568. The molecule has 4 heteroatoms. The summed E-state index contributed by atoms with van der Waals surface area (Å²) in [4.78, 5) is 2.44. The molecule has 0 aliphatic heterocycles. The average Bonchev–Trinajstić information content (AvgIpc) is 2.64. The predicted molar refractivity (Wildman–Crippen MR) is 111 cm³/mol. The summed E-state index contributed by atoms with van der Waals surface area (Å²) in [5.41, 5.74) is 3.53. The Balaban J connectivity index is 1.86. The summed E-state index contributed by atoms with van der Waals surface area (Å²) in [5, 5.41) is 4.26. The fourth-order valence-electron chi connectivity index (χ4n) is 2.98. The van der Waals surface area contributed by atoms with Crippen molar-refractivity contribution in [3.05, 3.63) is 64.2 Å². The van der Waals surface area contributed by atoms with Crippen LogP contribution in [0.4, 0.5) is 0 Å². The van der Waals surface area contributed by atoms with Crippen LogP contribution >= 0.6 is 11.6 Å². The molecule has 0 radical (unpaired) electrons. The highest BCUT2D eigenvalue weighted by molar-refractivity contribution is 6.30. The van der Waals surface area contributed by atoms with E-state index in [9.17, 15) is 0 Å². The van der Waals surface area contributed by atoms with Crippen LogP contribution in [0.1, 0.15) is 37.0 Å². The lowest BCUT2D eigenvalue weighted by atomic mass is 10.1. The second-order valence-corrected chi connectivity index (χ2v) is 7.02. The van der Waals surface area contributed by atoms with E-state index in [4.69, 9.17) is 16.3 Å². The van der Waals surface area contributed by atoms with Crippen molar-refractivity contribution in [2.75, 3.05) is 26.2 Å². The Kier molecular flexibility index (Phi) is 8.96. The zero-order valence-electron chi connectivity index (χ0n) is 16.2. The van der Waals surface area contributed by atoms with Gasteiger partial charge in [0.1, 0.15) is 12.4 Å². The van der Waals surface area contributed by atoms with Crippen molar-refractivity contribution in [3.63, 3.8) is 0 Å². The molecular weight excluding hydrogens is 344 g/mol. The molecule has 0 amide bonds. The second-order valence-electron chi connectivity index (χ2n) is 6.59. The zero-order chi connectivity index (χ0) is 18.8. The lowest BCUT2D eigenvalue weighted by Gasteiger charge is -2.18. The fourth-order valence-corrected chi connectivity index (χ4v) is 3.18. The van der Waals surface area contributed by atoms with E-state index >= 15 is 0 Å². The van der Waals surface area contributed by atoms with Crippen LogP contribution in [0.5, 0.6) is 5.75 Å². The molecule has 0 heterocycles. The Morgan fingerprint density at radius 2 is 1.88 bits per heavy atom. The first-order valence-electron chi connectivity index (χ1n) is 9.52. The molecule has 0 aliphatic rings. The van der Waals surface area contributed by atoms with Gasteiger partial charge in [-0.25, -0.2) is 0 Å². The van der Waals surface area contributed by atoms with Gasteiger partial charge in [0.2, 0.25) is 0 Å². The topological polar surface area (TPSA) is 24.5 Å². The highest BCUT2D eigenvalue weighted by Crippen LogP contribution is 2.24. The maximum atomic E-state index is 6.18. The molecule has 0 bridgehead atoms. The normalized spacial score (nSPS) is 11.1. The number of rotatable bonds is 11. The lowest BCUT2D eigenvalue weighted by Crippen LogP contribution is -2.27. The first-order valence-corrected chi connectivity index (χ1v) is 9.90. The van der Waals surface area contributed by atoms with Crippen molar-refractivity contribution in [2.45, 2.75) is 40.3 Å². The minimum Gasteiger partial charge on any atom is -0.489 e. The largest absolute Gasteiger partial charge is 0.489 e. The first kappa shape index (κ1) is 20.8. The molecule has 0 saturated carbocycles. The van der Waals surface area contributed by atoms with E-state index in [2.05, 4.69) is 55.3 Å². The molecular formula is C22H31ClN2O. The van der Waals surface area contributed by atoms with E-state index in [0.29, 0.717) is 6.61 Å². The molecule has 0 unspecified atom stereocenters. The third kappa shape index (κ3) is 6.99. The van der Waals surface area contributed by atoms with E-state index in [1.165, 1.54) is 11.1 Å². The minimum absolute atomic E-state index is 0.568. The molecule has 2 rings (SSSR count). The fraction of sp³-hybridized carbons (Fsp3) is 0.455. The average molecular weight is 375 g/mol. The number of nitrogens with one attached hydrogen (secondary N) is 1. The third-order valence-electron chi connectivity index (χ3n) is 4.54. The molecule has 0 aromatic heterocycles. The van der Waals surface area contributed by atoms with Gasteiger partial charge < -0.3 is 15.0 Å². The number of hydrogen-bond donors (Lipinski definition) is 1. The molecule has 2 aromatic carbocycles. The van der Waals surface area contributed by atoms with Crippen molar-refractivity contribution in [1.82, 2.24) is 10.2 Å². The number of aryl methyl sites for hydroxylation is 1. The third-order valence-corrected chi connectivity index (χ3v) is 4.77. The van der Waals surface area contributed by atoms with Crippen LogP contribution in [0.25, 0.3) is 0 Å². The Morgan fingerprint density at radius 3 is 2.62 bits per heavy atom. The van der Waals surface area contributed by atoms with E-state index < -0.39 is 0 Å². The Hall–Kier alpha value is -1.55. The molecule has 26 heavy (non-hydrogen) atoms. The molecule has 3 nitrogen and oxygen atoms in total. The Morgan fingerprint density at radius 1 is 1.08 bits per heavy atom. The van der Waals surface area contributed by atoms with Crippen molar-refractivity contribution in [1.29, 1.82) is 0 Å². The number of hydrogen-bond acceptors (Lipinski definition) is 3. The maximum absolute atomic E-state index is 6.18. The van der Waals surface area contributed by atoms with Gasteiger partial charge in [-0.05, 0) is 63.3 Å². The van der Waals surface area contributed by atoms with Crippen LogP contribution in [0.2, 0.25) is 5.02 Å². The smallest absolute Gasteiger partial charge is 0.124 e. The summed E-state index contributed by atoms with van der Waals surface area (Å²) in [7, 11) is 0. The molecule has 0 saturated heterocycles.